The van der Waals surface area contributed by atoms with Crippen LogP contribution >= 0.6 is 0 Å². The van der Waals surface area contributed by atoms with Crippen molar-refractivity contribution in [3.05, 3.63) is 128 Å². The molecule has 0 saturated heterocycles. The van der Waals surface area contributed by atoms with E-state index in [0.29, 0.717) is 146 Å². The van der Waals surface area contributed by atoms with E-state index in [-0.39, 0.29) is 25.0 Å². The molecule has 0 aromatic heterocycles. The van der Waals surface area contributed by atoms with Gasteiger partial charge in [0.1, 0.15) is 11.5 Å². The van der Waals surface area contributed by atoms with E-state index in [2.05, 4.69) is 24.3 Å². The number of aryl methyl sites for hydroxylation is 8. The van der Waals surface area contributed by atoms with Crippen molar-refractivity contribution in [2.45, 2.75) is 77.0 Å². The molecule has 6 rings (SSSR count). The zero-order valence-corrected chi connectivity index (χ0v) is 50.6. The lowest BCUT2D eigenvalue weighted by atomic mass is 9.79. The van der Waals surface area contributed by atoms with Gasteiger partial charge in [-0.2, -0.15) is 0 Å². The van der Waals surface area contributed by atoms with E-state index in [0.717, 1.165) is 67.1 Å². The lowest BCUT2D eigenvalue weighted by molar-refractivity contribution is 0.158. The smallest absolute Gasteiger partial charge is 0.203 e. The van der Waals surface area contributed by atoms with Crippen molar-refractivity contribution in [2.75, 3.05) is 113 Å². The number of hydrogen-bond donors (Lipinski definition) is 2. The van der Waals surface area contributed by atoms with E-state index in [1.807, 2.05) is 48.5 Å². The molecule has 0 radical (unpaired) electrons. The number of benzene rings is 6. The Morgan fingerprint density at radius 1 is 0.268 bits per heavy atom. The summed E-state index contributed by atoms with van der Waals surface area (Å²) in [5.74, 6) is 8.18. The van der Waals surface area contributed by atoms with Gasteiger partial charge in [-0.05, 0) is 193 Å². The molecule has 0 amide bonds. The summed E-state index contributed by atoms with van der Waals surface area (Å²) in [4.78, 5) is 0. The van der Waals surface area contributed by atoms with Crippen LogP contribution in [0.1, 0.15) is 68.5 Å². The maximum Gasteiger partial charge on any atom is 0.203 e. The van der Waals surface area contributed by atoms with Crippen molar-refractivity contribution in [3.63, 3.8) is 0 Å². The predicted molar refractivity (Wildman–Crippen MR) is 318 cm³/mol. The first-order valence-corrected chi connectivity index (χ1v) is 27.6. The molecule has 2 N–H and O–H groups in total. The van der Waals surface area contributed by atoms with Crippen LogP contribution in [0.5, 0.6) is 80.5 Å². The molecule has 0 fully saturated rings. The van der Waals surface area contributed by atoms with Crippen LogP contribution in [0, 0.1) is 11.8 Å². The molecule has 0 saturated carbocycles. The molecule has 446 valence electrons. The van der Waals surface area contributed by atoms with Crippen LogP contribution in [0.25, 0.3) is 0 Å². The fourth-order valence-corrected chi connectivity index (χ4v) is 11.2. The number of methoxy groups -OCH3 is 14. The summed E-state index contributed by atoms with van der Waals surface area (Å²) in [6.07, 6.45) is 7.61. The van der Waals surface area contributed by atoms with Crippen molar-refractivity contribution in [2.24, 2.45) is 11.8 Å². The van der Waals surface area contributed by atoms with Crippen LogP contribution in [0.3, 0.4) is 0 Å². The second-order valence-corrected chi connectivity index (χ2v) is 20.0. The summed E-state index contributed by atoms with van der Waals surface area (Å²) in [6.45, 7) is -0.0438. The Kier molecular flexibility index (Phi) is 24.5. The Morgan fingerprint density at radius 3 is 0.695 bits per heavy atom. The molecule has 0 spiro atoms. The fraction of sp³-hybridized carbons (Fsp3) is 0.455. The van der Waals surface area contributed by atoms with Crippen molar-refractivity contribution in [1.29, 1.82) is 0 Å². The molecule has 0 heterocycles. The van der Waals surface area contributed by atoms with Crippen molar-refractivity contribution in [3.8, 4) is 80.5 Å². The van der Waals surface area contributed by atoms with Gasteiger partial charge < -0.3 is 76.5 Å². The van der Waals surface area contributed by atoms with E-state index < -0.39 is 0 Å². The zero-order chi connectivity index (χ0) is 59.3. The van der Waals surface area contributed by atoms with Crippen molar-refractivity contribution < 1.29 is 76.5 Å². The molecule has 0 aliphatic heterocycles. The first-order chi connectivity index (χ1) is 39.9. The van der Waals surface area contributed by atoms with Gasteiger partial charge in [-0.15, -0.1) is 0 Å². The molecule has 0 unspecified atom stereocenters. The molecule has 0 aliphatic carbocycles. The minimum atomic E-state index is -0.182. The number of aliphatic hydroxyl groups is 2. The molecule has 82 heavy (non-hydrogen) atoms. The molecule has 2 atom stereocenters. The Morgan fingerprint density at radius 2 is 0.500 bits per heavy atom. The van der Waals surface area contributed by atoms with Gasteiger partial charge in [0.25, 0.3) is 0 Å². The molecule has 16 nitrogen and oxygen atoms in total. The molecule has 0 bridgehead atoms. The van der Waals surface area contributed by atoms with Crippen LogP contribution in [-0.4, -0.2) is 123 Å². The van der Waals surface area contributed by atoms with Crippen molar-refractivity contribution in [1.82, 2.24) is 0 Å². The minimum absolute atomic E-state index is 0.0238. The number of ether oxygens (including phenoxy) is 14. The Bertz CT molecular complexity index is 2730. The second-order valence-electron chi connectivity index (χ2n) is 20.0. The van der Waals surface area contributed by atoms with Gasteiger partial charge in [-0.3, -0.25) is 0 Å². The third-order valence-corrected chi connectivity index (χ3v) is 15.3. The first-order valence-electron chi connectivity index (χ1n) is 27.6. The summed E-state index contributed by atoms with van der Waals surface area (Å²) in [5, 5.41) is 22.0. The lowest BCUT2D eigenvalue weighted by Crippen LogP contribution is -2.24. The highest BCUT2D eigenvalue weighted by Crippen LogP contribution is 2.44. The van der Waals surface area contributed by atoms with Crippen LogP contribution in [0.2, 0.25) is 0 Å². The first kappa shape index (κ1) is 63.6. The Balaban J connectivity index is 1.42. The van der Waals surface area contributed by atoms with Gasteiger partial charge in [-0.1, -0.05) is 24.3 Å². The molecule has 6 aromatic carbocycles. The van der Waals surface area contributed by atoms with Gasteiger partial charge in [0.2, 0.25) is 23.0 Å². The fourth-order valence-electron chi connectivity index (χ4n) is 11.2. The lowest BCUT2D eigenvalue weighted by Gasteiger charge is -2.28. The van der Waals surface area contributed by atoms with Gasteiger partial charge in [-0.25, -0.2) is 0 Å². The molecule has 6 aromatic rings. The van der Waals surface area contributed by atoms with Crippen LogP contribution in [0.15, 0.2) is 72.8 Å². The highest BCUT2D eigenvalue weighted by molar-refractivity contribution is 5.58. The Hall–Kier alpha value is -7.56. The molecule has 0 aliphatic rings. The van der Waals surface area contributed by atoms with Gasteiger partial charge >= 0.3 is 0 Å². The number of rotatable bonds is 35. The number of hydrogen-bond acceptors (Lipinski definition) is 16. The summed E-state index contributed by atoms with van der Waals surface area (Å²) in [6, 6.07) is 24.8. The SMILES string of the molecule is COc1cc(CCc2cc(C[C@H](CO)[C@@H](CCCO)Cc3cc(CCc4cc(OC)c(OC)c(OC)c4)c(OC)c(CCc4cc(OC)c(OC)c(OC)c4)c3)cc(CCc3cc(OC)c(OC)c(OC)c3)c2OC)cc(OC)c1OC. The summed E-state index contributed by atoms with van der Waals surface area (Å²) in [5.41, 5.74) is 10.3. The van der Waals surface area contributed by atoms with Gasteiger partial charge in [0.15, 0.2) is 46.0 Å². The predicted octanol–water partition coefficient (Wildman–Crippen LogP) is 10.7. The summed E-state index contributed by atoms with van der Waals surface area (Å²) in [7, 11) is 22.8. The van der Waals surface area contributed by atoms with E-state index in [9.17, 15) is 10.2 Å². The van der Waals surface area contributed by atoms with Crippen LogP contribution in [-0.2, 0) is 64.2 Å². The third-order valence-electron chi connectivity index (χ3n) is 15.3. The van der Waals surface area contributed by atoms with E-state index in [1.54, 1.807) is 99.5 Å². The van der Waals surface area contributed by atoms with Crippen molar-refractivity contribution >= 4 is 0 Å². The second kappa shape index (κ2) is 31.6. The zero-order valence-electron chi connectivity index (χ0n) is 50.6. The highest BCUT2D eigenvalue weighted by atomic mass is 16.6. The van der Waals surface area contributed by atoms with Gasteiger partial charge in [0, 0.05) is 13.2 Å². The van der Waals surface area contributed by atoms with E-state index in [4.69, 9.17) is 66.3 Å². The standard InChI is InChI=1S/C66H86O16/c1-69-53-32-41(33-54(70-2)63(53)79-11)17-21-48-27-45(28-49(61(48)77-9)22-18-42-34-55(71-3)64(80-12)56(35-42)72-4)26-47(16-15-25-67)52(40-68)31-46-29-50(23-19-43-36-57(73-5)65(81-13)58(37-43)74-6)62(78-10)51(30-46)24-20-44-38-59(75-7)66(82-14)60(39-44)76-8/h27-30,32-39,47,52,67-68H,15-26,31,40H2,1-14H3/t47-,52+/m0/s1. The van der Waals surface area contributed by atoms with E-state index in [1.165, 1.54) is 0 Å². The van der Waals surface area contributed by atoms with E-state index >= 15 is 0 Å². The van der Waals surface area contributed by atoms with Crippen LogP contribution < -0.4 is 66.3 Å². The average molecular weight is 1140 g/mol. The summed E-state index contributed by atoms with van der Waals surface area (Å²) >= 11 is 0. The largest absolute Gasteiger partial charge is 0.496 e. The van der Waals surface area contributed by atoms with Gasteiger partial charge in [0.05, 0.1) is 99.5 Å². The average Bonchev–Trinajstić information content (AvgIpc) is 3.68. The normalized spacial score (nSPS) is 11.8. The van der Waals surface area contributed by atoms with Crippen LogP contribution in [0.4, 0.5) is 0 Å². The third kappa shape index (κ3) is 15.5. The minimum Gasteiger partial charge on any atom is -0.496 e. The number of aliphatic hydroxyl groups excluding tert-OH is 2. The monoisotopic (exact) mass is 1130 g/mol. The Labute approximate surface area is 485 Å². The maximum atomic E-state index is 11.6. The quantitative estimate of drug-likeness (QED) is 0.0385. The molecular weight excluding hydrogens is 1050 g/mol. The maximum absolute atomic E-state index is 11.6. The molecular formula is C66H86O16. The topological polar surface area (TPSA) is 170 Å². The highest BCUT2D eigenvalue weighted by Gasteiger charge is 2.26. The molecule has 16 heteroatoms. The summed E-state index contributed by atoms with van der Waals surface area (Å²) < 4.78 is 81.1.